The molecule has 10 aromatic rings. The minimum atomic E-state index is 0.145. The van der Waals surface area contributed by atoms with Gasteiger partial charge in [-0.2, -0.15) is 0 Å². The molecule has 70 heavy (non-hydrogen) atoms. The lowest BCUT2D eigenvalue weighted by Crippen LogP contribution is -2.55. The van der Waals surface area contributed by atoms with E-state index in [0.29, 0.717) is 5.92 Å². The second kappa shape index (κ2) is 15.9. The van der Waals surface area contributed by atoms with Crippen LogP contribution in [-0.2, 0) is 5.41 Å². The molecule has 0 aliphatic heterocycles. The molecule has 1 spiro atoms. The fraction of sp³-hybridized carbons (Fsp3) is 0.235. The molecule has 0 radical (unpaired) electrons. The largest absolute Gasteiger partial charge is 0.309 e. The maximum absolute atomic E-state index is 2.64. The van der Waals surface area contributed by atoms with Crippen LogP contribution in [-0.4, -0.2) is 4.57 Å². The number of fused-ring (bicyclic) bond motifs is 7. The predicted octanol–water partition coefficient (Wildman–Crippen LogP) is 18.5. The van der Waals surface area contributed by atoms with Gasteiger partial charge in [-0.15, -0.1) is 0 Å². The van der Waals surface area contributed by atoms with E-state index in [0.717, 1.165) is 29.4 Å². The number of benzene rings is 9. The topological polar surface area (TPSA) is 8.17 Å². The summed E-state index contributed by atoms with van der Waals surface area (Å²) < 4.78 is 2.45. The Kier molecular flexibility index (Phi) is 9.27. The van der Waals surface area contributed by atoms with E-state index in [4.69, 9.17) is 0 Å². The zero-order chi connectivity index (χ0) is 45.9. The Balaban J connectivity index is 0.924. The van der Waals surface area contributed by atoms with Crippen molar-refractivity contribution >= 4 is 49.6 Å². The molecule has 340 valence electrons. The Bertz CT molecular complexity index is 3630. The Hall–Kier alpha value is -7.16. The summed E-state index contributed by atoms with van der Waals surface area (Å²) >= 11 is 0. The molecule has 0 unspecified atom stereocenters. The zero-order valence-electron chi connectivity index (χ0n) is 39.9. The smallest absolute Gasteiger partial charge is 0.0562 e. The van der Waals surface area contributed by atoms with Crippen LogP contribution in [0.5, 0.6) is 0 Å². The van der Waals surface area contributed by atoms with E-state index in [1.807, 2.05) is 0 Å². The molecule has 1 heterocycles. The highest BCUT2D eigenvalue weighted by atomic mass is 15.2. The predicted molar refractivity (Wildman–Crippen MR) is 293 cm³/mol. The van der Waals surface area contributed by atoms with Crippen molar-refractivity contribution in [3.63, 3.8) is 0 Å². The highest BCUT2D eigenvalue weighted by molar-refractivity contribution is 6.17. The normalized spacial score (nSPS) is 22.3. The van der Waals surface area contributed by atoms with Gasteiger partial charge in [0.05, 0.1) is 22.4 Å². The van der Waals surface area contributed by atoms with Crippen LogP contribution in [0.1, 0.15) is 86.8 Å². The van der Waals surface area contributed by atoms with Crippen LogP contribution in [0.2, 0.25) is 0 Å². The molecule has 1 aromatic heterocycles. The van der Waals surface area contributed by atoms with E-state index in [9.17, 15) is 0 Å². The van der Waals surface area contributed by atoms with Gasteiger partial charge in [0, 0.05) is 33.1 Å². The van der Waals surface area contributed by atoms with Crippen molar-refractivity contribution < 1.29 is 0 Å². The van der Waals surface area contributed by atoms with Crippen LogP contribution in [0.15, 0.2) is 200 Å². The number of nitrogens with zero attached hydrogens (tertiary/aromatic N) is 2. The molecule has 6 aliphatic carbocycles. The summed E-state index contributed by atoms with van der Waals surface area (Å²) in [6, 6.07) is 76.7. The Morgan fingerprint density at radius 3 is 1.87 bits per heavy atom. The van der Waals surface area contributed by atoms with Crippen LogP contribution in [0, 0.1) is 23.7 Å². The molecule has 6 aliphatic rings. The molecule has 5 saturated carbocycles. The second-order valence-corrected chi connectivity index (χ2v) is 21.8. The van der Waals surface area contributed by atoms with Gasteiger partial charge in [0.2, 0.25) is 0 Å². The van der Waals surface area contributed by atoms with E-state index < -0.39 is 0 Å². The van der Waals surface area contributed by atoms with Crippen molar-refractivity contribution in [3.8, 4) is 39.1 Å². The summed E-state index contributed by atoms with van der Waals surface area (Å²) in [6.07, 6.45) is 13.6. The van der Waals surface area contributed by atoms with Gasteiger partial charge in [0.15, 0.2) is 0 Å². The quantitative estimate of drug-likeness (QED) is 0.155. The van der Waals surface area contributed by atoms with E-state index in [1.165, 1.54) is 153 Å². The number of hydrogen-bond acceptors (Lipinski definition) is 1. The fourth-order valence-electron chi connectivity index (χ4n) is 15.8. The van der Waals surface area contributed by atoms with Gasteiger partial charge in [-0.25, -0.2) is 0 Å². The zero-order valence-corrected chi connectivity index (χ0v) is 39.9. The van der Waals surface area contributed by atoms with Gasteiger partial charge in [0.25, 0.3) is 0 Å². The fourth-order valence-corrected chi connectivity index (χ4v) is 15.8. The first kappa shape index (κ1) is 40.7. The third-order valence-corrected chi connectivity index (χ3v) is 18.4. The monoisotopic (exact) mass is 902 g/mol. The summed E-state index contributed by atoms with van der Waals surface area (Å²) in [5.74, 6) is 3.92. The van der Waals surface area contributed by atoms with Crippen molar-refractivity contribution in [1.29, 1.82) is 0 Å². The molecule has 16 rings (SSSR count). The number of para-hydroxylation sites is 3. The lowest BCUT2D eigenvalue weighted by molar-refractivity contribution is -0.0399. The van der Waals surface area contributed by atoms with E-state index in [1.54, 1.807) is 11.1 Å². The maximum Gasteiger partial charge on any atom is 0.0562 e. The number of aromatic nitrogens is 1. The molecule has 0 amide bonds. The first-order chi connectivity index (χ1) is 34.7. The summed E-state index contributed by atoms with van der Waals surface area (Å²) in [4.78, 5) is 2.58. The lowest BCUT2D eigenvalue weighted by Gasteiger charge is -2.61. The van der Waals surface area contributed by atoms with Gasteiger partial charge in [0.1, 0.15) is 0 Å². The summed E-state index contributed by atoms with van der Waals surface area (Å²) in [5.41, 5.74) is 20.1. The maximum atomic E-state index is 2.64. The molecule has 5 fully saturated rings. The molecule has 0 saturated heterocycles. The average molecular weight is 903 g/mol. The summed E-state index contributed by atoms with van der Waals surface area (Å²) in [6.45, 7) is 0. The molecule has 9 aromatic carbocycles. The lowest BCUT2D eigenvalue weighted by atomic mass is 9.43. The van der Waals surface area contributed by atoms with E-state index in [-0.39, 0.29) is 5.41 Å². The van der Waals surface area contributed by atoms with Crippen molar-refractivity contribution in [2.24, 2.45) is 23.7 Å². The summed E-state index contributed by atoms with van der Waals surface area (Å²) in [5, 5.41) is 5.24. The third-order valence-electron chi connectivity index (χ3n) is 18.4. The Labute approximate surface area is 412 Å². The third kappa shape index (κ3) is 5.98. The van der Waals surface area contributed by atoms with Crippen LogP contribution in [0.4, 0.5) is 17.1 Å². The second-order valence-electron chi connectivity index (χ2n) is 21.8. The first-order valence-corrected chi connectivity index (χ1v) is 26.5. The van der Waals surface area contributed by atoms with Crippen LogP contribution >= 0.6 is 0 Å². The number of rotatable bonds is 7. The van der Waals surface area contributed by atoms with Crippen molar-refractivity contribution in [1.82, 2.24) is 4.57 Å². The molecule has 2 nitrogen and oxygen atoms in total. The highest BCUT2D eigenvalue weighted by Crippen LogP contribution is 2.69. The first-order valence-electron chi connectivity index (χ1n) is 26.5. The number of anilines is 3. The average Bonchev–Trinajstić information content (AvgIpc) is 3.92. The molecule has 4 bridgehead atoms. The number of hydrogen-bond donors (Lipinski definition) is 0. The van der Waals surface area contributed by atoms with Gasteiger partial charge in [-0.05, 0) is 184 Å². The molecular formula is C68H58N2. The standard InChI is InChI=1S/C68H58N2/c1-3-16-47(17-4-1)54-25-13-18-48-19-14-26-58(66(48)54)57-23-8-11-28-62(57)70(65-31-15-30-64-67(65)59-24-9-12-29-63(59)69(64)52-20-5-2-6-21-52)53-35-32-46(33-36-53)49-34-37-56-55-22-7-10-27-60(55)68(61(56)43-49)50-39-44-38-45(41-50)42-51(68)40-44/h2,5-15,18-37,43-45,47,50-51H,1,3-4,16-17,38-42H2. The van der Waals surface area contributed by atoms with Gasteiger partial charge >= 0.3 is 0 Å². The highest BCUT2D eigenvalue weighted by Gasteiger charge is 2.61. The van der Waals surface area contributed by atoms with E-state index >= 15 is 0 Å². The van der Waals surface area contributed by atoms with Gasteiger partial charge < -0.3 is 9.47 Å². The minimum absolute atomic E-state index is 0.145. The molecule has 0 N–H and O–H groups in total. The Morgan fingerprint density at radius 1 is 0.429 bits per heavy atom. The molecule has 0 atom stereocenters. The van der Waals surface area contributed by atoms with Crippen LogP contribution < -0.4 is 4.90 Å². The van der Waals surface area contributed by atoms with Crippen LogP contribution in [0.3, 0.4) is 0 Å². The SMILES string of the molecule is c1ccc(-n2c3ccccc3c3c(N(c4ccc(-c5ccc6c(c5)C5(c7ccccc7-6)C6CC7CC(C6)CC5C7)cc4)c4ccccc4-c4cccc5cccc(C6CCCCC6)c45)cccc32)cc1. The Morgan fingerprint density at radius 2 is 1.06 bits per heavy atom. The minimum Gasteiger partial charge on any atom is -0.309 e. The van der Waals surface area contributed by atoms with Crippen molar-refractivity contribution in [2.45, 2.75) is 75.5 Å². The van der Waals surface area contributed by atoms with Gasteiger partial charge in [-0.3, -0.25) is 0 Å². The summed E-state index contributed by atoms with van der Waals surface area (Å²) in [7, 11) is 0. The van der Waals surface area contributed by atoms with Gasteiger partial charge in [-0.1, -0.05) is 165 Å². The van der Waals surface area contributed by atoms with Crippen molar-refractivity contribution in [3.05, 3.63) is 217 Å². The molecule has 2 heteroatoms. The van der Waals surface area contributed by atoms with Crippen LogP contribution in [0.25, 0.3) is 71.6 Å². The van der Waals surface area contributed by atoms with Crippen molar-refractivity contribution in [2.75, 3.05) is 4.90 Å². The molecular weight excluding hydrogens is 845 g/mol. The van der Waals surface area contributed by atoms with E-state index in [2.05, 4.69) is 210 Å².